The van der Waals surface area contributed by atoms with Crippen LogP contribution in [0.5, 0.6) is 5.75 Å². The number of hydrogen-bond donors (Lipinski definition) is 1. The van der Waals surface area contributed by atoms with Crippen molar-refractivity contribution in [2.75, 3.05) is 0 Å². The lowest BCUT2D eigenvalue weighted by atomic mass is 9.96. The fourth-order valence-corrected chi connectivity index (χ4v) is 1.49. The molecule has 0 spiro atoms. The number of phenols is 1. The molecule has 0 radical (unpaired) electrons. The lowest BCUT2D eigenvalue weighted by molar-refractivity contribution is 0.460. The lowest BCUT2D eigenvalue weighted by Gasteiger charge is -2.11. The Morgan fingerprint density at radius 2 is 2.00 bits per heavy atom. The predicted molar refractivity (Wildman–Crippen MR) is 51.4 cm³/mol. The summed E-state index contributed by atoms with van der Waals surface area (Å²) >= 11 is 0. The standard InChI is InChI=1S/C11H16O/c1-3-6-9(2)10-7-4-5-8-11(10)12/h4-5,7-9,12H,3,6H2,1-2H3/t9-/m0/s1. The van der Waals surface area contributed by atoms with Crippen molar-refractivity contribution in [3.05, 3.63) is 29.8 Å². The van der Waals surface area contributed by atoms with Gasteiger partial charge in [0.2, 0.25) is 0 Å². The highest BCUT2D eigenvalue weighted by atomic mass is 16.3. The second kappa shape index (κ2) is 4.15. The van der Waals surface area contributed by atoms with Crippen molar-refractivity contribution in [3.8, 4) is 5.75 Å². The third-order valence-electron chi connectivity index (χ3n) is 2.19. The van der Waals surface area contributed by atoms with Gasteiger partial charge in [0.05, 0.1) is 0 Å². The molecule has 1 heteroatoms. The number of benzene rings is 1. The van der Waals surface area contributed by atoms with Crippen LogP contribution in [0.4, 0.5) is 0 Å². The van der Waals surface area contributed by atoms with E-state index in [1.54, 1.807) is 6.07 Å². The quantitative estimate of drug-likeness (QED) is 0.726. The summed E-state index contributed by atoms with van der Waals surface area (Å²) in [4.78, 5) is 0. The molecule has 0 amide bonds. The van der Waals surface area contributed by atoms with E-state index >= 15 is 0 Å². The highest BCUT2D eigenvalue weighted by Gasteiger charge is 2.07. The Balaban J connectivity index is 2.79. The van der Waals surface area contributed by atoms with Gasteiger partial charge in [0.1, 0.15) is 5.75 Å². The normalized spacial score (nSPS) is 12.8. The molecule has 1 atom stereocenters. The first-order valence-corrected chi connectivity index (χ1v) is 4.53. The van der Waals surface area contributed by atoms with Gasteiger partial charge in [-0.3, -0.25) is 0 Å². The van der Waals surface area contributed by atoms with Crippen LogP contribution < -0.4 is 0 Å². The number of phenolic OH excluding ortho intramolecular Hbond substituents is 1. The van der Waals surface area contributed by atoms with E-state index in [1.165, 1.54) is 0 Å². The molecule has 1 aromatic rings. The number of para-hydroxylation sites is 1. The Morgan fingerprint density at radius 3 is 2.58 bits per heavy atom. The molecule has 66 valence electrons. The van der Waals surface area contributed by atoms with Crippen LogP contribution in [0.1, 0.15) is 38.2 Å². The summed E-state index contributed by atoms with van der Waals surface area (Å²) < 4.78 is 0. The van der Waals surface area contributed by atoms with Gasteiger partial charge in [0.25, 0.3) is 0 Å². The van der Waals surface area contributed by atoms with Crippen molar-refractivity contribution in [1.82, 2.24) is 0 Å². The average Bonchev–Trinajstić information content (AvgIpc) is 2.05. The second-order valence-corrected chi connectivity index (χ2v) is 3.25. The average molecular weight is 164 g/mol. The van der Waals surface area contributed by atoms with Crippen LogP contribution in [-0.2, 0) is 0 Å². The summed E-state index contributed by atoms with van der Waals surface area (Å²) in [6.45, 7) is 4.31. The Bertz CT molecular complexity index is 243. The van der Waals surface area contributed by atoms with Crippen LogP contribution in [-0.4, -0.2) is 5.11 Å². The molecule has 1 nitrogen and oxygen atoms in total. The maximum absolute atomic E-state index is 9.51. The van der Waals surface area contributed by atoms with E-state index in [2.05, 4.69) is 13.8 Å². The van der Waals surface area contributed by atoms with E-state index in [0.29, 0.717) is 11.7 Å². The topological polar surface area (TPSA) is 20.2 Å². The minimum atomic E-state index is 0.429. The molecule has 1 N–H and O–H groups in total. The predicted octanol–water partition coefficient (Wildman–Crippen LogP) is 3.30. The van der Waals surface area contributed by atoms with Crippen molar-refractivity contribution in [3.63, 3.8) is 0 Å². The Labute approximate surface area is 74.1 Å². The zero-order valence-corrected chi connectivity index (χ0v) is 7.75. The van der Waals surface area contributed by atoms with E-state index in [1.807, 2.05) is 18.2 Å². The fraction of sp³-hybridized carbons (Fsp3) is 0.455. The second-order valence-electron chi connectivity index (χ2n) is 3.25. The first-order chi connectivity index (χ1) is 5.75. The molecular formula is C11H16O. The van der Waals surface area contributed by atoms with Gasteiger partial charge in [0, 0.05) is 0 Å². The molecule has 0 aliphatic heterocycles. The van der Waals surface area contributed by atoms with Crippen molar-refractivity contribution in [2.24, 2.45) is 0 Å². The van der Waals surface area contributed by atoms with Crippen molar-refractivity contribution >= 4 is 0 Å². The highest BCUT2D eigenvalue weighted by Crippen LogP contribution is 2.27. The molecule has 1 rings (SSSR count). The van der Waals surface area contributed by atoms with Crippen molar-refractivity contribution in [2.45, 2.75) is 32.6 Å². The lowest BCUT2D eigenvalue weighted by Crippen LogP contribution is -1.92. The summed E-state index contributed by atoms with van der Waals surface area (Å²) in [6.07, 6.45) is 2.30. The maximum atomic E-state index is 9.51. The molecule has 0 heterocycles. The summed E-state index contributed by atoms with van der Waals surface area (Å²) in [5, 5.41) is 9.51. The number of rotatable bonds is 3. The summed E-state index contributed by atoms with van der Waals surface area (Å²) in [6, 6.07) is 7.58. The van der Waals surface area contributed by atoms with Gasteiger partial charge >= 0.3 is 0 Å². The Kier molecular flexibility index (Phi) is 3.15. The van der Waals surface area contributed by atoms with Gasteiger partial charge in [0.15, 0.2) is 0 Å². The molecule has 0 aromatic heterocycles. The molecule has 0 unspecified atom stereocenters. The van der Waals surface area contributed by atoms with E-state index in [0.717, 1.165) is 18.4 Å². The van der Waals surface area contributed by atoms with Gasteiger partial charge in [-0.25, -0.2) is 0 Å². The van der Waals surface area contributed by atoms with Crippen LogP contribution in [0.25, 0.3) is 0 Å². The molecule has 0 saturated heterocycles. The molecular weight excluding hydrogens is 148 g/mol. The first kappa shape index (κ1) is 9.11. The monoisotopic (exact) mass is 164 g/mol. The summed E-state index contributed by atoms with van der Waals surface area (Å²) in [5.41, 5.74) is 1.07. The SMILES string of the molecule is CCC[C@H](C)c1ccccc1O. The Hall–Kier alpha value is -0.980. The highest BCUT2D eigenvalue weighted by molar-refractivity contribution is 5.34. The molecule has 0 aliphatic carbocycles. The number of aromatic hydroxyl groups is 1. The minimum Gasteiger partial charge on any atom is -0.508 e. The first-order valence-electron chi connectivity index (χ1n) is 4.53. The zero-order valence-electron chi connectivity index (χ0n) is 7.75. The third kappa shape index (κ3) is 2.00. The molecule has 0 saturated carbocycles. The Morgan fingerprint density at radius 1 is 1.33 bits per heavy atom. The third-order valence-corrected chi connectivity index (χ3v) is 2.19. The van der Waals surface area contributed by atoms with E-state index < -0.39 is 0 Å². The van der Waals surface area contributed by atoms with Crippen LogP contribution >= 0.6 is 0 Å². The summed E-state index contributed by atoms with van der Waals surface area (Å²) in [7, 11) is 0. The van der Waals surface area contributed by atoms with Crippen LogP contribution in [0, 0.1) is 0 Å². The van der Waals surface area contributed by atoms with Gasteiger partial charge in [-0.05, 0) is 24.0 Å². The molecule has 12 heavy (non-hydrogen) atoms. The molecule has 0 fully saturated rings. The smallest absolute Gasteiger partial charge is 0.119 e. The summed E-state index contributed by atoms with van der Waals surface area (Å²) in [5.74, 6) is 0.898. The van der Waals surface area contributed by atoms with E-state index in [9.17, 15) is 5.11 Å². The van der Waals surface area contributed by atoms with E-state index in [4.69, 9.17) is 0 Å². The van der Waals surface area contributed by atoms with E-state index in [-0.39, 0.29) is 0 Å². The largest absolute Gasteiger partial charge is 0.508 e. The van der Waals surface area contributed by atoms with Crippen LogP contribution in [0.15, 0.2) is 24.3 Å². The van der Waals surface area contributed by atoms with Crippen molar-refractivity contribution < 1.29 is 5.11 Å². The molecule has 0 bridgehead atoms. The van der Waals surface area contributed by atoms with Gasteiger partial charge < -0.3 is 5.11 Å². The van der Waals surface area contributed by atoms with Crippen LogP contribution in [0.3, 0.4) is 0 Å². The van der Waals surface area contributed by atoms with Gasteiger partial charge in [-0.2, -0.15) is 0 Å². The van der Waals surface area contributed by atoms with Gasteiger partial charge in [-0.15, -0.1) is 0 Å². The number of hydrogen-bond acceptors (Lipinski definition) is 1. The minimum absolute atomic E-state index is 0.429. The van der Waals surface area contributed by atoms with Gasteiger partial charge in [-0.1, -0.05) is 38.5 Å². The zero-order chi connectivity index (χ0) is 8.97. The molecule has 0 aliphatic rings. The fourth-order valence-electron chi connectivity index (χ4n) is 1.49. The maximum Gasteiger partial charge on any atom is 0.119 e. The van der Waals surface area contributed by atoms with Crippen LogP contribution in [0.2, 0.25) is 0 Å². The molecule has 1 aromatic carbocycles. The van der Waals surface area contributed by atoms with Crippen molar-refractivity contribution in [1.29, 1.82) is 0 Å².